The highest BCUT2D eigenvalue weighted by atomic mass is 16.3. The Balaban J connectivity index is 1.51. The van der Waals surface area contributed by atoms with Gasteiger partial charge in [-0.15, -0.1) is 0 Å². The van der Waals surface area contributed by atoms with E-state index >= 15 is 0 Å². The van der Waals surface area contributed by atoms with Gasteiger partial charge in [-0.05, 0) is 53.4 Å². The number of aromatic nitrogens is 1. The molecule has 0 unspecified atom stereocenters. The van der Waals surface area contributed by atoms with Crippen molar-refractivity contribution in [3.63, 3.8) is 0 Å². The Morgan fingerprint density at radius 3 is 2.59 bits per heavy atom. The Hall–Kier alpha value is -3.40. The summed E-state index contributed by atoms with van der Waals surface area (Å²) in [5, 5.41) is 15.5. The Morgan fingerprint density at radius 1 is 0.963 bits per heavy atom. The topological polar surface area (TPSA) is 62.2 Å². The molecule has 2 N–H and O–H groups in total. The molecule has 0 fully saturated rings. The molecular formula is C23H20N2O2. The van der Waals surface area contributed by atoms with Crippen molar-refractivity contribution in [1.82, 2.24) is 10.3 Å². The van der Waals surface area contributed by atoms with Gasteiger partial charge in [0.1, 0.15) is 5.75 Å². The average Bonchev–Trinajstić information content (AvgIpc) is 2.72. The SMILES string of the molecule is O=C(NCCCc1ccc(O)cc1)c1cc2ccccc2c2cccnc12. The number of phenols is 1. The molecule has 1 aromatic heterocycles. The predicted molar refractivity (Wildman–Crippen MR) is 108 cm³/mol. The minimum absolute atomic E-state index is 0.102. The zero-order valence-corrected chi connectivity index (χ0v) is 14.9. The van der Waals surface area contributed by atoms with E-state index in [0.29, 0.717) is 12.1 Å². The predicted octanol–water partition coefficient (Wildman–Crippen LogP) is 4.46. The first-order valence-corrected chi connectivity index (χ1v) is 9.05. The summed E-state index contributed by atoms with van der Waals surface area (Å²) in [6, 6.07) is 21.0. The number of phenolic OH excluding ortho intramolecular Hbond substituents is 1. The van der Waals surface area contributed by atoms with Crippen LogP contribution >= 0.6 is 0 Å². The molecule has 1 heterocycles. The molecule has 0 saturated heterocycles. The van der Waals surface area contributed by atoms with Gasteiger partial charge in [0.05, 0.1) is 11.1 Å². The molecule has 0 atom stereocenters. The highest BCUT2D eigenvalue weighted by Crippen LogP contribution is 2.27. The summed E-state index contributed by atoms with van der Waals surface area (Å²) in [5.41, 5.74) is 2.47. The summed E-state index contributed by atoms with van der Waals surface area (Å²) in [5.74, 6) is 0.165. The molecule has 0 aliphatic rings. The Kier molecular flexibility index (Phi) is 4.71. The molecule has 0 aliphatic heterocycles. The van der Waals surface area contributed by atoms with Crippen LogP contribution in [0.4, 0.5) is 0 Å². The number of hydrogen-bond acceptors (Lipinski definition) is 3. The molecule has 134 valence electrons. The second kappa shape index (κ2) is 7.46. The van der Waals surface area contributed by atoms with Crippen molar-refractivity contribution in [3.05, 3.63) is 84.1 Å². The summed E-state index contributed by atoms with van der Waals surface area (Å²) in [4.78, 5) is 17.2. The van der Waals surface area contributed by atoms with Crippen molar-refractivity contribution >= 4 is 27.6 Å². The lowest BCUT2D eigenvalue weighted by molar-refractivity contribution is 0.0955. The highest BCUT2D eigenvalue weighted by molar-refractivity contribution is 6.15. The molecule has 4 heteroatoms. The van der Waals surface area contributed by atoms with Crippen molar-refractivity contribution in [3.8, 4) is 5.75 Å². The normalized spacial score (nSPS) is 11.0. The van der Waals surface area contributed by atoms with Gasteiger partial charge >= 0.3 is 0 Å². The molecule has 0 aliphatic carbocycles. The number of carbonyl (C=O) groups excluding carboxylic acids is 1. The molecule has 27 heavy (non-hydrogen) atoms. The average molecular weight is 356 g/mol. The first kappa shape index (κ1) is 17.0. The number of amides is 1. The standard InChI is InChI=1S/C23H20N2O2/c26-18-11-9-16(10-12-18)5-3-14-25-23(27)21-15-17-6-1-2-7-19(17)20-8-4-13-24-22(20)21/h1-2,4,6-13,15,26H,3,5,14H2,(H,25,27). The van der Waals surface area contributed by atoms with Gasteiger partial charge in [0.2, 0.25) is 0 Å². The first-order chi connectivity index (χ1) is 13.2. The lowest BCUT2D eigenvalue weighted by Crippen LogP contribution is -2.25. The summed E-state index contributed by atoms with van der Waals surface area (Å²) in [7, 11) is 0. The smallest absolute Gasteiger partial charge is 0.253 e. The molecule has 4 aromatic rings. The third kappa shape index (κ3) is 3.60. The van der Waals surface area contributed by atoms with E-state index in [9.17, 15) is 9.90 Å². The van der Waals surface area contributed by atoms with Gasteiger partial charge in [-0.3, -0.25) is 9.78 Å². The van der Waals surface area contributed by atoms with Crippen LogP contribution < -0.4 is 5.32 Å². The van der Waals surface area contributed by atoms with E-state index < -0.39 is 0 Å². The van der Waals surface area contributed by atoms with E-state index in [1.165, 1.54) is 0 Å². The third-order valence-corrected chi connectivity index (χ3v) is 4.72. The zero-order valence-electron chi connectivity index (χ0n) is 14.9. The maximum Gasteiger partial charge on any atom is 0.253 e. The maximum absolute atomic E-state index is 12.8. The second-order valence-corrected chi connectivity index (χ2v) is 6.57. The molecule has 3 aromatic carbocycles. The Bertz CT molecular complexity index is 1100. The van der Waals surface area contributed by atoms with E-state index in [1.54, 1.807) is 18.3 Å². The largest absolute Gasteiger partial charge is 0.508 e. The molecule has 0 radical (unpaired) electrons. The molecule has 4 nitrogen and oxygen atoms in total. The van der Waals surface area contributed by atoms with E-state index in [2.05, 4.69) is 16.4 Å². The quantitative estimate of drug-likeness (QED) is 0.410. The molecule has 0 bridgehead atoms. The van der Waals surface area contributed by atoms with Gasteiger partial charge in [-0.25, -0.2) is 0 Å². The number of nitrogens with one attached hydrogen (secondary N) is 1. The van der Waals surface area contributed by atoms with Crippen LogP contribution in [-0.4, -0.2) is 22.5 Å². The van der Waals surface area contributed by atoms with Crippen molar-refractivity contribution in [2.24, 2.45) is 0 Å². The molecule has 4 rings (SSSR count). The number of fused-ring (bicyclic) bond motifs is 3. The Labute approximate surface area is 157 Å². The molecular weight excluding hydrogens is 336 g/mol. The van der Waals surface area contributed by atoms with Gasteiger partial charge in [0, 0.05) is 18.1 Å². The van der Waals surface area contributed by atoms with Crippen LogP contribution in [0.15, 0.2) is 72.9 Å². The fourth-order valence-corrected chi connectivity index (χ4v) is 3.35. The number of nitrogens with zero attached hydrogens (tertiary/aromatic N) is 1. The maximum atomic E-state index is 12.8. The van der Waals surface area contributed by atoms with Crippen LogP contribution in [0.25, 0.3) is 21.7 Å². The van der Waals surface area contributed by atoms with Crippen molar-refractivity contribution in [2.45, 2.75) is 12.8 Å². The lowest BCUT2D eigenvalue weighted by atomic mass is 10.0. The number of benzene rings is 3. The van der Waals surface area contributed by atoms with Crippen molar-refractivity contribution < 1.29 is 9.90 Å². The van der Waals surface area contributed by atoms with Crippen LogP contribution in [0.1, 0.15) is 22.3 Å². The van der Waals surface area contributed by atoms with Crippen molar-refractivity contribution in [2.75, 3.05) is 6.54 Å². The van der Waals surface area contributed by atoms with Crippen LogP contribution in [0.5, 0.6) is 5.75 Å². The van der Waals surface area contributed by atoms with Gasteiger partial charge < -0.3 is 10.4 Å². The minimum Gasteiger partial charge on any atom is -0.508 e. The van der Waals surface area contributed by atoms with Crippen LogP contribution in [-0.2, 0) is 6.42 Å². The van der Waals surface area contributed by atoms with Crippen LogP contribution in [0.2, 0.25) is 0 Å². The fourth-order valence-electron chi connectivity index (χ4n) is 3.35. The molecule has 0 spiro atoms. The number of aryl methyl sites for hydroxylation is 1. The van der Waals surface area contributed by atoms with Crippen LogP contribution in [0.3, 0.4) is 0 Å². The Morgan fingerprint density at radius 2 is 1.74 bits per heavy atom. The van der Waals surface area contributed by atoms with E-state index in [1.807, 2.05) is 48.5 Å². The van der Waals surface area contributed by atoms with Gasteiger partial charge in [-0.1, -0.05) is 42.5 Å². The van der Waals surface area contributed by atoms with E-state index in [-0.39, 0.29) is 11.7 Å². The van der Waals surface area contributed by atoms with Crippen molar-refractivity contribution in [1.29, 1.82) is 0 Å². The number of aromatic hydroxyl groups is 1. The summed E-state index contributed by atoms with van der Waals surface area (Å²) < 4.78 is 0. The highest BCUT2D eigenvalue weighted by Gasteiger charge is 2.13. The summed E-state index contributed by atoms with van der Waals surface area (Å²) >= 11 is 0. The van der Waals surface area contributed by atoms with Crippen LogP contribution in [0, 0.1) is 0 Å². The third-order valence-electron chi connectivity index (χ3n) is 4.72. The monoisotopic (exact) mass is 356 g/mol. The van der Waals surface area contributed by atoms with Gasteiger partial charge in [-0.2, -0.15) is 0 Å². The second-order valence-electron chi connectivity index (χ2n) is 6.57. The summed E-state index contributed by atoms with van der Waals surface area (Å²) in [6.07, 6.45) is 3.39. The number of pyridine rings is 1. The number of carbonyl (C=O) groups is 1. The van der Waals surface area contributed by atoms with E-state index in [4.69, 9.17) is 0 Å². The first-order valence-electron chi connectivity index (χ1n) is 9.05. The number of hydrogen-bond donors (Lipinski definition) is 2. The lowest BCUT2D eigenvalue weighted by Gasteiger charge is -2.10. The van der Waals surface area contributed by atoms with E-state index in [0.717, 1.165) is 40.1 Å². The molecule has 0 saturated carbocycles. The number of rotatable bonds is 5. The zero-order chi connectivity index (χ0) is 18.6. The van der Waals surface area contributed by atoms with Gasteiger partial charge in [0.15, 0.2) is 0 Å². The fraction of sp³-hybridized carbons (Fsp3) is 0.130. The molecule has 1 amide bonds. The van der Waals surface area contributed by atoms with Gasteiger partial charge in [0.25, 0.3) is 5.91 Å². The summed E-state index contributed by atoms with van der Waals surface area (Å²) in [6.45, 7) is 0.584. The minimum atomic E-state index is -0.102.